The molecule has 1 N–H and O–H groups in total. The van der Waals surface area contributed by atoms with E-state index >= 15 is 0 Å². The number of nitrogens with zero attached hydrogens (tertiary/aromatic N) is 1. The first-order valence-corrected chi connectivity index (χ1v) is 8.32. The molecular weight excluding hydrogens is 284 g/mol. The predicted octanol–water partition coefficient (Wildman–Crippen LogP) is 3.15. The van der Waals surface area contributed by atoms with Crippen LogP contribution < -0.4 is 5.32 Å². The Balaban J connectivity index is 2.07. The number of carbonyl (C=O) groups excluding carboxylic acids is 1. The third kappa shape index (κ3) is 4.93. The van der Waals surface area contributed by atoms with Gasteiger partial charge in [-0.15, -0.1) is 0 Å². The number of benzene rings is 2. The van der Waals surface area contributed by atoms with Crippen molar-refractivity contribution in [2.24, 2.45) is 0 Å². The summed E-state index contributed by atoms with van der Waals surface area (Å²) in [6.07, 6.45) is 1.76. The van der Waals surface area contributed by atoms with Gasteiger partial charge in [-0.25, -0.2) is 0 Å². The van der Waals surface area contributed by atoms with Crippen molar-refractivity contribution in [3.63, 3.8) is 0 Å². The third-order valence-electron chi connectivity index (χ3n) is 4.07. The van der Waals surface area contributed by atoms with Crippen molar-refractivity contribution in [2.75, 3.05) is 26.7 Å². The fourth-order valence-electron chi connectivity index (χ4n) is 2.69. The molecule has 0 fully saturated rings. The summed E-state index contributed by atoms with van der Waals surface area (Å²) < 4.78 is 0. The normalized spacial score (nSPS) is 10.5. The van der Waals surface area contributed by atoms with Crippen LogP contribution in [-0.4, -0.2) is 37.5 Å². The van der Waals surface area contributed by atoms with E-state index in [9.17, 15) is 4.79 Å². The van der Waals surface area contributed by atoms with Crippen molar-refractivity contribution in [3.05, 3.63) is 71.3 Å². The Morgan fingerprint density at radius 1 is 1.00 bits per heavy atom. The first kappa shape index (κ1) is 17.2. The van der Waals surface area contributed by atoms with Gasteiger partial charge in [-0.2, -0.15) is 0 Å². The van der Waals surface area contributed by atoms with Gasteiger partial charge in [0.2, 0.25) is 0 Å². The molecular formula is C20H26N2O. The van der Waals surface area contributed by atoms with E-state index in [0.29, 0.717) is 0 Å². The van der Waals surface area contributed by atoms with Crippen LogP contribution in [0.4, 0.5) is 0 Å². The number of hydrogen-bond acceptors (Lipinski definition) is 2. The molecule has 3 nitrogen and oxygen atoms in total. The lowest BCUT2D eigenvalue weighted by atomic mass is 10.0. The minimum atomic E-state index is 0.134. The number of likely N-dealkylation sites (N-methyl/N-ethyl adjacent to an activating group) is 2. The molecule has 122 valence electrons. The lowest BCUT2D eigenvalue weighted by Gasteiger charge is -2.22. The zero-order valence-corrected chi connectivity index (χ0v) is 14.1. The SMILES string of the molecule is CCN(CCc1ccccc1)C(=O)c1ccccc1CCNC. The quantitative estimate of drug-likeness (QED) is 0.812. The summed E-state index contributed by atoms with van der Waals surface area (Å²) in [5.41, 5.74) is 3.21. The van der Waals surface area contributed by atoms with Gasteiger partial charge in [0.05, 0.1) is 0 Å². The molecule has 0 spiro atoms. The van der Waals surface area contributed by atoms with Crippen LogP contribution in [0.5, 0.6) is 0 Å². The van der Waals surface area contributed by atoms with Gasteiger partial charge in [-0.1, -0.05) is 48.5 Å². The molecule has 0 aromatic heterocycles. The van der Waals surface area contributed by atoms with Crippen LogP contribution in [0.2, 0.25) is 0 Å². The maximum absolute atomic E-state index is 12.9. The molecule has 0 heterocycles. The Morgan fingerprint density at radius 3 is 2.39 bits per heavy atom. The maximum atomic E-state index is 12.9. The maximum Gasteiger partial charge on any atom is 0.254 e. The van der Waals surface area contributed by atoms with E-state index in [1.807, 2.05) is 55.3 Å². The minimum Gasteiger partial charge on any atom is -0.339 e. The molecule has 0 bridgehead atoms. The van der Waals surface area contributed by atoms with E-state index < -0.39 is 0 Å². The third-order valence-corrected chi connectivity index (χ3v) is 4.07. The molecule has 1 amide bonds. The van der Waals surface area contributed by atoms with Crippen LogP contribution in [0, 0.1) is 0 Å². The van der Waals surface area contributed by atoms with Crippen molar-refractivity contribution in [1.29, 1.82) is 0 Å². The molecule has 2 aromatic carbocycles. The molecule has 0 saturated heterocycles. The molecule has 2 rings (SSSR count). The number of rotatable bonds is 8. The van der Waals surface area contributed by atoms with Crippen molar-refractivity contribution < 1.29 is 4.79 Å². The number of amides is 1. The highest BCUT2D eigenvalue weighted by Gasteiger charge is 2.16. The first-order valence-electron chi connectivity index (χ1n) is 8.32. The first-order chi connectivity index (χ1) is 11.3. The topological polar surface area (TPSA) is 32.3 Å². The standard InChI is InChI=1S/C20H26N2O/c1-3-22(16-14-17-9-5-4-6-10-17)20(23)19-12-8-7-11-18(19)13-15-21-2/h4-12,21H,3,13-16H2,1-2H3. The summed E-state index contributed by atoms with van der Waals surface area (Å²) in [6.45, 7) is 4.39. The van der Waals surface area contributed by atoms with Crippen LogP contribution in [0.1, 0.15) is 28.4 Å². The Kier molecular flexibility index (Phi) is 6.82. The van der Waals surface area contributed by atoms with Crippen LogP contribution in [-0.2, 0) is 12.8 Å². The molecule has 0 radical (unpaired) electrons. The van der Waals surface area contributed by atoms with Crippen LogP contribution >= 0.6 is 0 Å². The van der Waals surface area contributed by atoms with Gasteiger partial charge in [0.25, 0.3) is 5.91 Å². The predicted molar refractivity (Wildman–Crippen MR) is 95.8 cm³/mol. The van der Waals surface area contributed by atoms with E-state index in [1.165, 1.54) is 5.56 Å². The van der Waals surface area contributed by atoms with Crippen molar-refractivity contribution in [3.8, 4) is 0 Å². The summed E-state index contributed by atoms with van der Waals surface area (Å²) in [4.78, 5) is 14.8. The molecule has 0 aliphatic heterocycles. The zero-order chi connectivity index (χ0) is 16.5. The summed E-state index contributed by atoms with van der Waals surface area (Å²) in [5.74, 6) is 0.134. The highest BCUT2D eigenvalue weighted by atomic mass is 16.2. The molecule has 0 unspecified atom stereocenters. The van der Waals surface area contributed by atoms with E-state index in [0.717, 1.165) is 43.6 Å². The van der Waals surface area contributed by atoms with E-state index in [1.54, 1.807) is 0 Å². The Morgan fingerprint density at radius 2 is 1.70 bits per heavy atom. The molecule has 0 atom stereocenters. The fraction of sp³-hybridized carbons (Fsp3) is 0.350. The van der Waals surface area contributed by atoms with Gasteiger partial charge in [-0.3, -0.25) is 4.79 Å². The smallest absolute Gasteiger partial charge is 0.254 e. The lowest BCUT2D eigenvalue weighted by Crippen LogP contribution is -2.33. The van der Waals surface area contributed by atoms with Crippen LogP contribution in [0.3, 0.4) is 0 Å². The molecule has 0 aliphatic rings. The summed E-state index contributed by atoms with van der Waals surface area (Å²) in [7, 11) is 1.93. The molecule has 2 aromatic rings. The van der Waals surface area contributed by atoms with E-state index in [-0.39, 0.29) is 5.91 Å². The average molecular weight is 310 g/mol. The van der Waals surface area contributed by atoms with Crippen molar-refractivity contribution in [2.45, 2.75) is 19.8 Å². The van der Waals surface area contributed by atoms with Gasteiger partial charge in [0.15, 0.2) is 0 Å². The fourth-order valence-corrected chi connectivity index (χ4v) is 2.69. The number of carbonyl (C=O) groups is 1. The summed E-state index contributed by atoms with van der Waals surface area (Å²) >= 11 is 0. The highest BCUT2D eigenvalue weighted by Crippen LogP contribution is 2.13. The summed E-state index contributed by atoms with van der Waals surface area (Å²) in [6, 6.07) is 18.3. The second kappa shape index (κ2) is 9.11. The van der Waals surface area contributed by atoms with Gasteiger partial charge in [-0.05, 0) is 50.6 Å². The van der Waals surface area contributed by atoms with Crippen molar-refractivity contribution in [1.82, 2.24) is 10.2 Å². The highest BCUT2D eigenvalue weighted by molar-refractivity contribution is 5.95. The van der Waals surface area contributed by atoms with Crippen LogP contribution in [0.25, 0.3) is 0 Å². The van der Waals surface area contributed by atoms with Gasteiger partial charge < -0.3 is 10.2 Å². The largest absolute Gasteiger partial charge is 0.339 e. The Labute approximate surface area is 139 Å². The Hall–Kier alpha value is -2.13. The minimum absolute atomic E-state index is 0.134. The molecule has 0 aliphatic carbocycles. The van der Waals surface area contributed by atoms with Gasteiger partial charge in [0.1, 0.15) is 0 Å². The molecule has 3 heteroatoms. The Bertz CT molecular complexity index is 610. The number of nitrogens with one attached hydrogen (secondary N) is 1. The van der Waals surface area contributed by atoms with E-state index in [4.69, 9.17) is 0 Å². The van der Waals surface area contributed by atoms with E-state index in [2.05, 4.69) is 23.5 Å². The van der Waals surface area contributed by atoms with Gasteiger partial charge >= 0.3 is 0 Å². The van der Waals surface area contributed by atoms with Gasteiger partial charge in [0, 0.05) is 18.7 Å². The lowest BCUT2D eigenvalue weighted by molar-refractivity contribution is 0.0765. The second-order valence-electron chi connectivity index (χ2n) is 5.63. The average Bonchev–Trinajstić information content (AvgIpc) is 2.61. The van der Waals surface area contributed by atoms with Crippen molar-refractivity contribution >= 4 is 5.91 Å². The molecule has 23 heavy (non-hydrogen) atoms. The zero-order valence-electron chi connectivity index (χ0n) is 14.1. The van der Waals surface area contributed by atoms with Crippen LogP contribution in [0.15, 0.2) is 54.6 Å². The number of hydrogen-bond donors (Lipinski definition) is 1. The monoisotopic (exact) mass is 310 g/mol. The summed E-state index contributed by atoms with van der Waals surface area (Å²) in [5, 5.41) is 3.15. The second-order valence-corrected chi connectivity index (χ2v) is 5.63. The molecule has 0 saturated carbocycles.